The number of carbonyl (C=O) groups excluding carboxylic acids is 2. The van der Waals surface area contributed by atoms with Gasteiger partial charge in [-0.25, -0.2) is 4.79 Å². The molecule has 3 aliphatic rings. The zero-order valence-electron chi connectivity index (χ0n) is 19.5. The normalized spacial score (nSPS) is 25.0. The maximum Gasteiger partial charge on any atom is 0.339 e. The number of nitrogens with zero attached hydrogens (tertiary/aromatic N) is 3. The average Bonchev–Trinajstić information content (AvgIpc) is 3.14. The van der Waals surface area contributed by atoms with E-state index in [0.29, 0.717) is 18.4 Å². The predicted octanol–water partition coefficient (Wildman–Crippen LogP) is 4.25. The molecule has 0 radical (unpaired) electrons. The highest BCUT2D eigenvalue weighted by Gasteiger charge is 2.48. The summed E-state index contributed by atoms with van der Waals surface area (Å²) in [4.78, 5) is 34.6. The van der Waals surface area contributed by atoms with Gasteiger partial charge in [-0.05, 0) is 69.8 Å². The lowest BCUT2D eigenvalue weighted by molar-refractivity contribution is -0.137. The molecule has 0 N–H and O–H groups in total. The highest BCUT2D eigenvalue weighted by molar-refractivity contribution is 5.96. The first-order valence-corrected chi connectivity index (χ1v) is 12.3. The highest BCUT2D eigenvalue weighted by Crippen LogP contribution is 2.49. The van der Waals surface area contributed by atoms with Crippen molar-refractivity contribution in [3.63, 3.8) is 0 Å². The molecule has 1 aromatic heterocycles. The summed E-state index contributed by atoms with van der Waals surface area (Å²) in [5.41, 5.74) is 2.79. The smallest absolute Gasteiger partial charge is 0.339 e. The lowest BCUT2D eigenvalue weighted by Gasteiger charge is -2.37. The summed E-state index contributed by atoms with van der Waals surface area (Å²) in [7, 11) is 1.93. The van der Waals surface area contributed by atoms with Crippen LogP contribution in [0, 0.1) is 5.92 Å². The van der Waals surface area contributed by atoms with Crippen LogP contribution in [-0.2, 0) is 15.1 Å². The summed E-state index contributed by atoms with van der Waals surface area (Å²) in [6, 6.07) is 11.7. The number of fused-ring (bicyclic) bond motifs is 2. The first-order chi connectivity index (χ1) is 16.1. The number of hydrogen-bond acceptors (Lipinski definition) is 5. The minimum atomic E-state index is -0.585. The van der Waals surface area contributed by atoms with Crippen molar-refractivity contribution in [2.45, 2.75) is 50.5 Å². The summed E-state index contributed by atoms with van der Waals surface area (Å²) in [6.07, 6.45) is 8.52. The molecule has 0 unspecified atom stereocenters. The summed E-state index contributed by atoms with van der Waals surface area (Å²) in [5.74, 6) is -0.0133. The molecule has 1 spiro atoms. The molecule has 1 saturated carbocycles. The van der Waals surface area contributed by atoms with Gasteiger partial charge in [-0.1, -0.05) is 24.6 Å². The Morgan fingerprint density at radius 3 is 2.67 bits per heavy atom. The van der Waals surface area contributed by atoms with Crippen molar-refractivity contribution in [2.24, 2.45) is 5.92 Å². The molecule has 2 fully saturated rings. The molecule has 1 aliphatic carbocycles. The number of likely N-dealkylation sites (tertiary alicyclic amines) is 1. The molecule has 5 rings (SSSR count). The SMILES string of the molecule is CN(CCN1CCCCC1)C(=O)[C@H]1CC[C@@]2(CC1)OC(=O)c1cc(-c3ccccn3)ccc12. The van der Waals surface area contributed by atoms with Gasteiger partial charge in [0.2, 0.25) is 5.91 Å². The second kappa shape index (κ2) is 9.26. The van der Waals surface area contributed by atoms with E-state index in [1.165, 1.54) is 19.3 Å². The Hall–Kier alpha value is -2.73. The summed E-state index contributed by atoms with van der Waals surface area (Å²) < 4.78 is 5.98. The van der Waals surface area contributed by atoms with Crippen LogP contribution in [0.4, 0.5) is 0 Å². The number of pyridine rings is 1. The molecule has 1 amide bonds. The van der Waals surface area contributed by atoms with Crippen LogP contribution in [0.15, 0.2) is 42.6 Å². The van der Waals surface area contributed by atoms with E-state index in [0.717, 1.165) is 55.8 Å². The van der Waals surface area contributed by atoms with Crippen molar-refractivity contribution in [1.29, 1.82) is 0 Å². The Morgan fingerprint density at radius 2 is 1.94 bits per heavy atom. The van der Waals surface area contributed by atoms with Crippen molar-refractivity contribution in [1.82, 2.24) is 14.8 Å². The number of benzene rings is 1. The molecule has 174 valence electrons. The standard InChI is InChI=1S/C27H33N3O3/c1-29(17-18-30-15-5-2-6-16-30)25(31)20-10-12-27(13-11-20)23-9-8-21(19-22(23)26(32)33-27)24-7-3-4-14-28-24/h3-4,7-9,14,19-20H,2,5-6,10-13,15-18H2,1H3/t20-,27-. The van der Waals surface area contributed by atoms with E-state index >= 15 is 0 Å². The third kappa shape index (κ3) is 4.41. The van der Waals surface area contributed by atoms with E-state index in [2.05, 4.69) is 9.88 Å². The molecular weight excluding hydrogens is 414 g/mol. The molecule has 1 aromatic carbocycles. The van der Waals surface area contributed by atoms with Crippen molar-refractivity contribution in [3.05, 3.63) is 53.7 Å². The first-order valence-electron chi connectivity index (χ1n) is 12.3. The van der Waals surface area contributed by atoms with Gasteiger partial charge >= 0.3 is 5.97 Å². The van der Waals surface area contributed by atoms with Crippen LogP contribution in [0.3, 0.4) is 0 Å². The largest absolute Gasteiger partial charge is 0.451 e. The fourth-order valence-electron chi connectivity index (χ4n) is 5.69. The fraction of sp³-hybridized carbons (Fsp3) is 0.519. The van der Waals surface area contributed by atoms with E-state index in [9.17, 15) is 9.59 Å². The Kier molecular flexibility index (Phi) is 6.19. The molecule has 0 bridgehead atoms. The van der Waals surface area contributed by atoms with Gasteiger partial charge in [0.1, 0.15) is 5.60 Å². The van der Waals surface area contributed by atoms with Crippen molar-refractivity contribution < 1.29 is 14.3 Å². The maximum absolute atomic E-state index is 13.1. The quantitative estimate of drug-likeness (QED) is 0.642. The van der Waals surface area contributed by atoms with Gasteiger partial charge in [-0.15, -0.1) is 0 Å². The van der Waals surface area contributed by atoms with Gasteiger partial charge in [0.15, 0.2) is 0 Å². The Balaban J connectivity index is 1.22. The number of rotatable bonds is 5. The van der Waals surface area contributed by atoms with E-state index in [-0.39, 0.29) is 17.8 Å². The number of esters is 1. The van der Waals surface area contributed by atoms with Crippen LogP contribution in [0.1, 0.15) is 60.9 Å². The number of carbonyl (C=O) groups is 2. The molecule has 2 aliphatic heterocycles. The van der Waals surface area contributed by atoms with Gasteiger partial charge in [0, 0.05) is 43.4 Å². The van der Waals surface area contributed by atoms with Gasteiger partial charge < -0.3 is 14.5 Å². The van der Waals surface area contributed by atoms with Crippen LogP contribution in [0.25, 0.3) is 11.3 Å². The predicted molar refractivity (Wildman–Crippen MR) is 127 cm³/mol. The second-order valence-electron chi connectivity index (χ2n) is 9.80. The van der Waals surface area contributed by atoms with Gasteiger partial charge in [0.05, 0.1) is 11.3 Å². The molecule has 6 heteroatoms. The number of likely N-dealkylation sites (N-methyl/N-ethyl adjacent to an activating group) is 1. The number of ether oxygens (including phenoxy) is 1. The second-order valence-corrected chi connectivity index (χ2v) is 9.80. The molecule has 1 saturated heterocycles. The topological polar surface area (TPSA) is 62.7 Å². The molecule has 3 heterocycles. The molecule has 33 heavy (non-hydrogen) atoms. The number of aromatic nitrogens is 1. The van der Waals surface area contributed by atoms with Crippen LogP contribution in [-0.4, -0.2) is 59.9 Å². The third-order valence-electron chi connectivity index (χ3n) is 7.70. The molecular formula is C27H33N3O3. The molecule has 2 aromatic rings. The van der Waals surface area contributed by atoms with E-state index < -0.39 is 5.60 Å². The highest BCUT2D eigenvalue weighted by atomic mass is 16.6. The lowest BCUT2D eigenvalue weighted by Crippen LogP contribution is -2.43. The molecule has 6 nitrogen and oxygen atoms in total. The van der Waals surface area contributed by atoms with Gasteiger partial charge in [-0.3, -0.25) is 9.78 Å². The van der Waals surface area contributed by atoms with Crippen molar-refractivity contribution in [2.75, 3.05) is 33.2 Å². The minimum absolute atomic E-state index is 0.0116. The Labute approximate surface area is 195 Å². The van der Waals surface area contributed by atoms with E-state index in [1.807, 2.05) is 48.3 Å². The lowest BCUT2D eigenvalue weighted by atomic mass is 9.74. The van der Waals surface area contributed by atoms with Crippen LogP contribution in [0.5, 0.6) is 0 Å². The van der Waals surface area contributed by atoms with Crippen molar-refractivity contribution in [3.8, 4) is 11.3 Å². The van der Waals surface area contributed by atoms with E-state index in [1.54, 1.807) is 6.20 Å². The van der Waals surface area contributed by atoms with Crippen LogP contribution >= 0.6 is 0 Å². The zero-order valence-corrected chi connectivity index (χ0v) is 19.5. The number of piperidine rings is 1. The van der Waals surface area contributed by atoms with Gasteiger partial charge in [-0.2, -0.15) is 0 Å². The van der Waals surface area contributed by atoms with Crippen molar-refractivity contribution >= 4 is 11.9 Å². The molecule has 0 atom stereocenters. The Bertz CT molecular complexity index is 1010. The van der Waals surface area contributed by atoms with Crippen LogP contribution < -0.4 is 0 Å². The minimum Gasteiger partial charge on any atom is -0.451 e. The van der Waals surface area contributed by atoms with E-state index in [4.69, 9.17) is 4.74 Å². The summed E-state index contributed by atoms with van der Waals surface area (Å²) >= 11 is 0. The first kappa shape index (κ1) is 22.1. The summed E-state index contributed by atoms with van der Waals surface area (Å²) in [6.45, 7) is 4.05. The third-order valence-corrected chi connectivity index (χ3v) is 7.70. The monoisotopic (exact) mass is 447 g/mol. The average molecular weight is 448 g/mol. The van der Waals surface area contributed by atoms with Crippen LogP contribution in [0.2, 0.25) is 0 Å². The fourth-order valence-corrected chi connectivity index (χ4v) is 5.69. The number of amides is 1. The zero-order chi connectivity index (χ0) is 22.8. The number of hydrogen-bond donors (Lipinski definition) is 0. The van der Waals surface area contributed by atoms with Gasteiger partial charge in [0.25, 0.3) is 0 Å². The summed E-state index contributed by atoms with van der Waals surface area (Å²) in [5, 5.41) is 0. The maximum atomic E-state index is 13.1. The Morgan fingerprint density at radius 1 is 1.15 bits per heavy atom.